The summed E-state index contributed by atoms with van der Waals surface area (Å²) in [5.74, 6) is -1.22. The van der Waals surface area contributed by atoms with Crippen molar-refractivity contribution in [2.24, 2.45) is 10.2 Å². The number of aromatic hydroxyl groups is 2. The molecule has 4 aromatic heterocycles. The van der Waals surface area contributed by atoms with Gasteiger partial charge in [-0.2, -0.15) is 57.0 Å². The first-order valence-electron chi connectivity index (χ1n) is 38.2. The van der Waals surface area contributed by atoms with Gasteiger partial charge in [0.1, 0.15) is 16.3 Å². The minimum absolute atomic E-state index is 0. The maximum Gasteiger partial charge on any atom is 2.00 e. The number of hydrazine groups is 1. The molecule has 8 bridgehead atoms. The van der Waals surface area contributed by atoms with E-state index in [0.717, 1.165) is 98.1 Å². The van der Waals surface area contributed by atoms with Crippen molar-refractivity contribution >= 4 is 221 Å². The normalized spacial score (nSPS) is 12.2. The molecule has 0 radical (unpaired) electrons. The number of anilines is 9. The van der Waals surface area contributed by atoms with Gasteiger partial charge in [0, 0.05) is 78.3 Å². The van der Waals surface area contributed by atoms with Crippen LogP contribution in [-0.2, 0) is 89.9 Å². The monoisotopic (exact) mass is 1980 g/mol. The van der Waals surface area contributed by atoms with E-state index in [4.69, 9.17) is 49.0 Å². The Morgan fingerprint density at radius 3 is 1.12 bits per heavy atom. The van der Waals surface area contributed by atoms with Gasteiger partial charge in [0.15, 0.2) is 21.3 Å². The van der Waals surface area contributed by atoms with E-state index >= 15 is 0 Å². The average molecular weight is 1980 g/mol. The maximum absolute atomic E-state index is 13.4. The fourth-order valence-electron chi connectivity index (χ4n) is 14.2. The molecule has 17 aromatic rings. The number of hydrogen-bond acceptors (Lipinski definition) is 32. The summed E-state index contributed by atoms with van der Waals surface area (Å²) in [6.45, 7) is 0. The van der Waals surface area contributed by atoms with Gasteiger partial charge in [-0.25, -0.2) is 26.8 Å². The molecule has 19 rings (SSSR count). The second kappa shape index (κ2) is 36.2. The Hall–Kier alpha value is -14.7. The second-order valence-corrected chi connectivity index (χ2v) is 40.1. The number of rotatable bonds is 17. The molecule has 40 nitrogen and oxygen atoms in total. The zero-order valence-corrected chi connectivity index (χ0v) is 77.5. The van der Waals surface area contributed by atoms with Crippen LogP contribution in [0, 0.1) is 0 Å². The Kier molecular flexibility index (Phi) is 25.4. The summed E-state index contributed by atoms with van der Waals surface area (Å²) in [5.41, 5.74) is 10.1. The molecule has 670 valence electrons. The summed E-state index contributed by atoms with van der Waals surface area (Å²) in [6, 6.07) is 66.9. The summed E-state index contributed by atoms with van der Waals surface area (Å²) in [7, 11) is -31.0. The van der Waals surface area contributed by atoms with Crippen LogP contribution in [0.3, 0.4) is 0 Å². The van der Waals surface area contributed by atoms with E-state index in [2.05, 4.69) is 56.7 Å². The van der Waals surface area contributed by atoms with Gasteiger partial charge in [0.25, 0.3) is 50.6 Å². The zero-order chi connectivity index (χ0) is 93.9. The predicted octanol–water partition coefficient (Wildman–Crippen LogP) is 14.6. The van der Waals surface area contributed by atoms with Gasteiger partial charge in [0.05, 0.1) is 85.2 Å². The van der Waals surface area contributed by atoms with Crippen LogP contribution < -0.4 is 41.5 Å². The fraction of sp³-hybridized carbons (Fsp3) is 0.0471. The van der Waals surface area contributed by atoms with Crippen LogP contribution >= 0.6 is 0 Å². The number of aromatic nitrogens is 11. The van der Waals surface area contributed by atoms with Crippen LogP contribution in [0.25, 0.3) is 133 Å². The molecule has 13 N–H and O–H groups in total. The summed E-state index contributed by atoms with van der Waals surface area (Å²) >= 11 is 0. The number of phenolic OH excluding ortho intramolecular Hbond substituents is 2. The number of fused-ring (bicyclic) bond motifs is 24. The van der Waals surface area contributed by atoms with Crippen LogP contribution in [0.4, 0.5) is 63.3 Å². The Morgan fingerprint density at radius 1 is 0.323 bits per heavy atom. The number of sulfone groups is 1. The smallest absolute Gasteiger partial charge is 0.505 e. The van der Waals surface area contributed by atoms with Crippen molar-refractivity contribution in [3.63, 3.8) is 0 Å². The number of nitrogens with one attached hydrogen (secondary N) is 6. The summed E-state index contributed by atoms with van der Waals surface area (Å²) in [4.78, 5) is 49.2. The van der Waals surface area contributed by atoms with E-state index in [1.165, 1.54) is 30.3 Å². The van der Waals surface area contributed by atoms with Crippen molar-refractivity contribution in [1.29, 1.82) is 0 Å². The third-order valence-corrected chi connectivity index (χ3v) is 23.8. The Bertz CT molecular complexity index is 8440. The fourth-order valence-corrected chi connectivity index (χ4v) is 17.4. The molecule has 2 aliphatic rings. The molecule has 48 heteroatoms. The van der Waals surface area contributed by atoms with Gasteiger partial charge < -0.3 is 61.5 Å². The molecule has 0 atom stereocenters. The topological polar surface area (TPSA) is 622 Å². The molecule has 2 aliphatic heterocycles. The summed E-state index contributed by atoms with van der Waals surface area (Å²) in [5, 5.41) is 45.7. The zero-order valence-electron chi connectivity index (χ0n) is 68.8. The predicted molar refractivity (Wildman–Crippen MR) is 497 cm³/mol. The number of hydrogen-bond donors (Lipinski definition) is 13. The van der Waals surface area contributed by atoms with Gasteiger partial charge in [-0.05, 0) is 110 Å². The van der Waals surface area contributed by atoms with Crippen LogP contribution in [0.2, 0.25) is 0 Å². The van der Waals surface area contributed by atoms with Crippen LogP contribution in [0.1, 0.15) is 0 Å². The van der Waals surface area contributed by atoms with Gasteiger partial charge in [0.2, 0.25) is 27.9 Å². The Labute approximate surface area is 767 Å². The molecule has 0 amide bonds. The number of benzene rings is 13. The first kappa shape index (κ1) is 93.0. The van der Waals surface area contributed by atoms with Crippen LogP contribution in [0.5, 0.6) is 11.5 Å². The van der Waals surface area contributed by atoms with E-state index in [9.17, 15) is 82.8 Å². The van der Waals surface area contributed by atoms with Crippen molar-refractivity contribution < 1.29 is 111 Å². The van der Waals surface area contributed by atoms with Crippen molar-refractivity contribution in [3.05, 3.63) is 243 Å². The first-order valence-corrected chi connectivity index (χ1v) is 50.0. The molecule has 0 spiro atoms. The quantitative estimate of drug-likeness (QED) is 0.0132. The molecule has 133 heavy (non-hydrogen) atoms. The molecule has 0 saturated carbocycles. The van der Waals surface area contributed by atoms with Gasteiger partial charge >= 0.3 is 19.5 Å². The van der Waals surface area contributed by atoms with E-state index < -0.39 is 153 Å². The minimum atomic E-state index is -5.31. The first-order chi connectivity index (χ1) is 62.4. The van der Waals surface area contributed by atoms with E-state index in [-0.39, 0.29) is 47.3 Å². The van der Waals surface area contributed by atoms with Gasteiger partial charge in [-0.3, -0.25) is 32.9 Å². The van der Waals surface area contributed by atoms with Crippen molar-refractivity contribution in [2.45, 2.75) is 19.6 Å². The second-order valence-electron chi connectivity index (χ2n) is 29.2. The van der Waals surface area contributed by atoms with Gasteiger partial charge in [-0.1, -0.05) is 176 Å². The van der Waals surface area contributed by atoms with E-state index in [1.807, 2.05) is 115 Å². The molecule has 0 saturated heterocycles. The largest absolute Gasteiger partial charge is 2.00 e. The standard InChI is InChI=1S/C51H41N11O15S5.C32H16N8.2CH4O3S.Zn/c1-78(65,66)41-22-29-20-33(80(69,70)71)25-39(43(29)47(63)45(41)60-58-37-18-7-12-27-10-3-5-16-35(27)37)53-50-55-49(52-31-14-9-15-32(24-31)62-79(2,67)68)56-51(57-50)54-40-26-34(81(72,73)74)21-30-23-42(82(75,76)77)46(48(64)44(30)40)61-59-38-19-8-13-28-11-4-6-17-36(28)38;1-2-10-18-17(9-1)25-33-26(18)38-28-21-13-5-6-14-22(21)30(35-28)40-32-24-16-8-7-15-23(24)31(36-32)39-29-20-12-4-3-11-19(20)27(34-29)37-25;2*1-5(2,3)4;/h3-26,58,60,62-64H,1-2H3,(H,69,70,71)(H,72,73,74)(H,75,76,77)(H3,52,53,54,55,56,57);1-16H;2*1H3,(H,2,3,4);/q;-2;;;+2. The summed E-state index contributed by atoms with van der Waals surface area (Å²) in [6.07, 6.45) is 3.18. The third kappa shape index (κ3) is 21.0. The minimum Gasteiger partial charge on any atom is -0.505 e. The van der Waals surface area contributed by atoms with Crippen LogP contribution in [-0.4, -0.2) is 162 Å². The average Bonchev–Trinajstić information content (AvgIpc) is 1.74. The molecule has 13 aromatic carbocycles. The number of sulfonamides is 1. The number of azo groups is 1. The molecule has 6 heterocycles. The van der Waals surface area contributed by atoms with E-state index in [1.54, 1.807) is 60.7 Å². The Morgan fingerprint density at radius 2 is 0.692 bits per heavy atom. The van der Waals surface area contributed by atoms with Crippen molar-refractivity contribution in [3.8, 4) is 57.1 Å². The van der Waals surface area contributed by atoms with Gasteiger partial charge in [-0.15, -0.1) is 10.2 Å². The molecule has 0 fully saturated rings. The Balaban J connectivity index is 0.000000217. The van der Waals surface area contributed by atoms with Crippen molar-refractivity contribution in [2.75, 3.05) is 56.5 Å². The number of nitrogens with zero attached hydrogens (tertiary/aromatic N) is 13. The maximum atomic E-state index is 13.4. The molecule has 0 aliphatic carbocycles. The molecule has 0 unspecified atom stereocenters. The van der Waals surface area contributed by atoms with E-state index in [0.29, 0.717) is 80.2 Å². The molecular formula is C85H65N19O21S7Zn. The van der Waals surface area contributed by atoms with Crippen molar-refractivity contribution in [1.82, 2.24) is 54.8 Å². The molecular weight excluding hydrogens is 1910 g/mol. The number of phenols is 2. The van der Waals surface area contributed by atoms with Crippen LogP contribution in [0.15, 0.2) is 272 Å². The third-order valence-electron chi connectivity index (χ3n) is 19.6. The SMILES string of the molecule is CS(=O)(=O)Nc1cccc(Nc2nc(Nc3cc(S(=O)(=O)O)cc4cc(S(=O)(=O)O)c(N=Nc5cccc6ccccc56)c(O)c34)nc(Nc3cc(S(=O)(=O)O)cc4cc(S(C)(=O)=O)c(NNc5cccc6ccccc56)c(O)c34)n2)c1.CS(=O)(=O)O.CS(=O)(=O)O.[Zn+2].c1ccc2c(c1)-c1nc-2nc2[n-]c(nc3nc(nc4[n-]c(n1)c1ccccc41)-c1ccccc1-3)c1ccccc21. The summed E-state index contributed by atoms with van der Waals surface area (Å²) < 4.78 is 214.